The fourth-order valence-electron chi connectivity index (χ4n) is 1.83. The number of imidazole rings is 1. The number of nitrogens with two attached hydrogens (primary N) is 1. The zero-order valence-electron chi connectivity index (χ0n) is 11.6. The number of nitrogens with one attached hydrogen (secondary N) is 2. The molecule has 0 radical (unpaired) electrons. The van der Waals surface area contributed by atoms with E-state index in [0.29, 0.717) is 18.0 Å². The van der Waals surface area contributed by atoms with Crippen LogP contribution in [0.25, 0.3) is 11.2 Å². The van der Waals surface area contributed by atoms with Gasteiger partial charge in [-0.2, -0.15) is 0 Å². The predicted octanol–water partition coefficient (Wildman–Crippen LogP) is -0.357. The molecule has 0 aromatic carbocycles. The van der Waals surface area contributed by atoms with Crippen molar-refractivity contribution in [3.8, 4) is 0 Å². The molecule has 2 aromatic rings. The Morgan fingerprint density at radius 1 is 1.50 bits per heavy atom. The minimum atomic E-state index is -0.0700. The molecule has 1 unspecified atom stereocenters. The number of amides is 1. The first-order valence-electron chi connectivity index (χ1n) is 6.45. The van der Waals surface area contributed by atoms with Crippen LogP contribution in [0.3, 0.4) is 0 Å². The summed E-state index contributed by atoms with van der Waals surface area (Å²) in [7, 11) is 1.80. The Bertz CT molecular complexity index is 580. The van der Waals surface area contributed by atoms with Crippen molar-refractivity contribution in [1.82, 2.24) is 25.3 Å². The summed E-state index contributed by atoms with van der Waals surface area (Å²) in [6, 6.07) is 0.0829. The summed E-state index contributed by atoms with van der Waals surface area (Å²) in [6.07, 6.45) is 3.75. The quantitative estimate of drug-likeness (QED) is 0.665. The predicted molar refractivity (Wildman–Crippen MR) is 76.2 cm³/mol. The third-order valence-electron chi connectivity index (χ3n) is 2.87. The largest absolute Gasteiger partial charge is 0.355 e. The molecule has 108 valence electrons. The van der Waals surface area contributed by atoms with E-state index in [-0.39, 0.29) is 18.5 Å². The topological polar surface area (TPSA) is 113 Å². The molecule has 0 bridgehead atoms. The van der Waals surface area contributed by atoms with Crippen LogP contribution >= 0.6 is 0 Å². The number of anilines is 1. The molecule has 2 rings (SSSR count). The first-order chi connectivity index (χ1) is 9.58. The molecule has 2 aromatic heterocycles. The molecular formula is C12H19N7O. The van der Waals surface area contributed by atoms with E-state index in [1.165, 1.54) is 6.33 Å². The van der Waals surface area contributed by atoms with Crippen LogP contribution in [-0.4, -0.2) is 52.0 Å². The van der Waals surface area contributed by atoms with Crippen molar-refractivity contribution in [2.24, 2.45) is 5.73 Å². The second-order valence-corrected chi connectivity index (χ2v) is 4.77. The van der Waals surface area contributed by atoms with Crippen LogP contribution in [0.15, 0.2) is 12.7 Å². The minimum absolute atomic E-state index is 0.0700. The number of rotatable bonds is 6. The molecule has 0 aliphatic heterocycles. The molecule has 0 saturated carbocycles. The number of nitrogens with zero attached hydrogens (tertiary/aromatic N) is 4. The molecule has 4 N–H and O–H groups in total. The standard InChI is InChI=1S/C12H19N7O/c1-8(13)3-4-14-9(20)5-19(2)12-10-11(16-6-15-10)17-7-18-12/h6-8H,3-5,13H2,1-2H3,(H,14,20)(H,15,16,17,18). The van der Waals surface area contributed by atoms with Crippen molar-refractivity contribution < 1.29 is 4.79 Å². The van der Waals surface area contributed by atoms with Crippen molar-refractivity contribution >= 4 is 22.9 Å². The van der Waals surface area contributed by atoms with Crippen LogP contribution in [0.4, 0.5) is 5.82 Å². The fraction of sp³-hybridized carbons (Fsp3) is 0.500. The number of likely N-dealkylation sites (N-methyl/N-ethyl adjacent to an activating group) is 1. The van der Waals surface area contributed by atoms with Crippen LogP contribution < -0.4 is 16.0 Å². The smallest absolute Gasteiger partial charge is 0.239 e. The van der Waals surface area contributed by atoms with E-state index in [9.17, 15) is 4.79 Å². The normalized spacial score (nSPS) is 12.3. The van der Waals surface area contributed by atoms with Gasteiger partial charge in [-0.3, -0.25) is 4.79 Å². The van der Waals surface area contributed by atoms with Crippen molar-refractivity contribution in [2.75, 3.05) is 25.0 Å². The van der Waals surface area contributed by atoms with Gasteiger partial charge in [0.2, 0.25) is 5.91 Å². The van der Waals surface area contributed by atoms with E-state index in [0.717, 1.165) is 11.9 Å². The summed E-state index contributed by atoms with van der Waals surface area (Å²) in [6.45, 7) is 2.70. The minimum Gasteiger partial charge on any atom is -0.355 e. The Balaban J connectivity index is 1.96. The number of hydrogen-bond donors (Lipinski definition) is 3. The highest BCUT2D eigenvalue weighted by atomic mass is 16.2. The summed E-state index contributed by atoms with van der Waals surface area (Å²) in [5.41, 5.74) is 6.93. The Morgan fingerprint density at radius 3 is 3.05 bits per heavy atom. The van der Waals surface area contributed by atoms with Crippen molar-refractivity contribution in [2.45, 2.75) is 19.4 Å². The first-order valence-corrected chi connectivity index (χ1v) is 6.45. The molecule has 0 aliphatic carbocycles. The van der Waals surface area contributed by atoms with E-state index in [1.807, 2.05) is 6.92 Å². The lowest BCUT2D eigenvalue weighted by Crippen LogP contribution is -2.37. The summed E-state index contributed by atoms with van der Waals surface area (Å²) in [4.78, 5) is 28.8. The van der Waals surface area contributed by atoms with Crippen LogP contribution in [0.1, 0.15) is 13.3 Å². The molecule has 0 fully saturated rings. The lowest BCUT2D eigenvalue weighted by molar-refractivity contribution is -0.119. The Labute approximate surface area is 116 Å². The molecule has 0 spiro atoms. The van der Waals surface area contributed by atoms with Crippen LogP contribution in [-0.2, 0) is 4.79 Å². The Kier molecular flexibility index (Phi) is 4.46. The third-order valence-corrected chi connectivity index (χ3v) is 2.87. The maximum absolute atomic E-state index is 11.8. The highest BCUT2D eigenvalue weighted by Gasteiger charge is 2.13. The molecule has 2 heterocycles. The van der Waals surface area contributed by atoms with Gasteiger partial charge in [-0.25, -0.2) is 15.0 Å². The van der Waals surface area contributed by atoms with Crippen molar-refractivity contribution in [3.05, 3.63) is 12.7 Å². The summed E-state index contributed by atoms with van der Waals surface area (Å²) < 4.78 is 0. The van der Waals surface area contributed by atoms with Gasteiger partial charge in [-0.15, -0.1) is 0 Å². The third kappa shape index (κ3) is 3.41. The molecule has 0 aliphatic rings. The van der Waals surface area contributed by atoms with Gasteiger partial charge in [0, 0.05) is 19.6 Å². The lowest BCUT2D eigenvalue weighted by Gasteiger charge is -2.18. The maximum atomic E-state index is 11.8. The van der Waals surface area contributed by atoms with Crippen molar-refractivity contribution in [1.29, 1.82) is 0 Å². The van der Waals surface area contributed by atoms with Gasteiger partial charge >= 0.3 is 0 Å². The second kappa shape index (κ2) is 6.29. The van der Waals surface area contributed by atoms with Crippen LogP contribution in [0.5, 0.6) is 0 Å². The van der Waals surface area contributed by atoms with E-state index in [2.05, 4.69) is 25.3 Å². The number of carbonyl (C=O) groups excluding carboxylic acids is 1. The molecule has 8 nitrogen and oxygen atoms in total. The van der Waals surface area contributed by atoms with Crippen molar-refractivity contribution in [3.63, 3.8) is 0 Å². The number of fused-ring (bicyclic) bond motifs is 1. The van der Waals surface area contributed by atoms with Gasteiger partial charge in [0.05, 0.1) is 12.9 Å². The average Bonchev–Trinajstić information content (AvgIpc) is 2.85. The first kappa shape index (κ1) is 14.2. The maximum Gasteiger partial charge on any atom is 0.239 e. The second-order valence-electron chi connectivity index (χ2n) is 4.77. The fourth-order valence-corrected chi connectivity index (χ4v) is 1.83. The summed E-state index contributed by atoms with van der Waals surface area (Å²) >= 11 is 0. The zero-order valence-corrected chi connectivity index (χ0v) is 11.6. The highest BCUT2D eigenvalue weighted by Crippen LogP contribution is 2.17. The van der Waals surface area contributed by atoms with E-state index in [4.69, 9.17) is 5.73 Å². The van der Waals surface area contributed by atoms with Gasteiger partial charge in [0.1, 0.15) is 11.8 Å². The molecular weight excluding hydrogens is 258 g/mol. The lowest BCUT2D eigenvalue weighted by atomic mass is 10.2. The number of aromatic amines is 1. The molecule has 1 atom stereocenters. The zero-order chi connectivity index (χ0) is 14.5. The van der Waals surface area contributed by atoms with E-state index in [1.54, 1.807) is 18.3 Å². The van der Waals surface area contributed by atoms with Gasteiger partial charge in [-0.05, 0) is 13.3 Å². The number of H-pyrrole nitrogens is 1. The van der Waals surface area contributed by atoms with E-state index < -0.39 is 0 Å². The summed E-state index contributed by atoms with van der Waals surface area (Å²) in [5, 5.41) is 2.83. The molecule has 20 heavy (non-hydrogen) atoms. The van der Waals surface area contributed by atoms with Gasteiger partial charge in [0.25, 0.3) is 0 Å². The number of aromatic nitrogens is 4. The molecule has 0 saturated heterocycles. The SMILES string of the molecule is CC(N)CCNC(=O)CN(C)c1ncnc2nc[nH]c12. The Morgan fingerprint density at radius 2 is 2.30 bits per heavy atom. The summed E-state index contributed by atoms with van der Waals surface area (Å²) in [5.74, 6) is 0.578. The number of hydrogen-bond acceptors (Lipinski definition) is 6. The van der Waals surface area contributed by atoms with Gasteiger partial charge in [-0.1, -0.05) is 0 Å². The van der Waals surface area contributed by atoms with Crippen LogP contribution in [0.2, 0.25) is 0 Å². The number of carbonyl (C=O) groups is 1. The Hall–Kier alpha value is -2.22. The highest BCUT2D eigenvalue weighted by molar-refractivity contribution is 5.86. The van der Waals surface area contributed by atoms with E-state index >= 15 is 0 Å². The van der Waals surface area contributed by atoms with Crippen LogP contribution in [0, 0.1) is 0 Å². The monoisotopic (exact) mass is 277 g/mol. The van der Waals surface area contributed by atoms with Gasteiger partial charge < -0.3 is 20.9 Å². The average molecular weight is 277 g/mol. The molecule has 1 amide bonds. The molecule has 8 heteroatoms. The van der Waals surface area contributed by atoms with Gasteiger partial charge in [0.15, 0.2) is 11.5 Å².